The van der Waals surface area contributed by atoms with Gasteiger partial charge < -0.3 is 9.64 Å². The summed E-state index contributed by atoms with van der Waals surface area (Å²) in [4.78, 5) is 19.6. The Morgan fingerprint density at radius 1 is 1.11 bits per heavy atom. The van der Waals surface area contributed by atoms with Crippen LogP contribution in [0.3, 0.4) is 0 Å². The number of benzene rings is 2. The Morgan fingerprint density at radius 2 is 1.89 bits per heavy atom. The Kier molecular flexibility index (Phi) is 7.14. The minimum atomic E-state index is -0.263. The highest BCUT2D eigenvalue weighted by atomic mass is 32.2. The highest BCUT2D eigenvalue weighted by molar-refractivity contribution is 7.98. The first-order valence-corrected chi connectivity index (χ1v) is 13.0. The molecule has 178 valence electrons. The van der Waals surface area contributed by atoms with E-state index in [0.717, 1.165) is 45.9 Å². The summed E-state index contributed by atoms with van der Waals surface area (Å²) < 4.78 is 7.48. The minimum Gasteiger partial charge on any atom is -0.445 e. The van der Waals surface area contributed by atoms with Crippen LogP contribution in [-0.2, 0) is 11.3 Å². The van der Waals surface area contributed by atoms with Gasteiger partial charge >= 0.3 is 6.09 Å². The summed E-state index contributed by atoms with van der Waals surface area (Å²) in [6.45, 7) is 1.60. The fraction of sp³-hybridized carbons (Fsp3) is 0.250. The lowest BCUT2D eigenvalue weighted by molar-refractivity contribution is 0.0856. The monoisotopic (exact) mass is 484 g/mol. The molecule has 1 fully saturated rings. The second-order valence-corrected chi connectivity index (χ2v) is 9.45. The van der Waals surface area contributed by atoms with E-state index >= 15 is 0 Å². The van der Waals surface area contributed by atoms with Crippen LogP contribution >= 0.6 is 11.8 Å². The van der Waals surface area contributed by atoms with Crippen molar-refractivity contribution in [2.75, 3.05) is 19.3 Å². The van der Waals surface area contributed by atoms with Crippen LogP contribution in [0.15, 0.2) is 78.0 Å². The first-order valence-electron chi connectivity index (χ1n) is 11.8. The van der Waals surface area contributed by atoms with Gasteiger partial charge in [-0.15, -0.1) is 11.8 Å². The van der Waals surface area contributed by atoms with Gasteiger partial charge in [-0.1, -0.05) is 66.7 Å². The predicted molar refractivity (Wildman–Crippen MR) is 140 cm³/mol. The molecule has 7 heteroatoms. The predicted octanol–water partition coefficient (Wildman–Crippen LogP) is 6.14. The number of carbonyl (C=O) groups excluding carboxylic acids is 1. The van der Waals surface area contributed by atoms with Crippen molar-refractivity contribution in [2.45, 2.75) is 30.4 Å². The number of ether oxygens (including phenoxy) is 1. The standard InChI is InChI=1S/C28H28N4O2S/c1-35-26-17-25(30-27-23(18-29-32(26)27)15-14-21-9-4-2-5-10-21)24-13-8-16-31(19-24)28(33)34-20-22-11-6-3-7-12-22/h2-7,9-12,14-15,17-18,24H,8,13,16,19-20H2,1H3. The minimum absolute atomic E-state index is 0.157. The second-order valence-electron chi connectivity index (χ2n) is 8.63. The number of likely N-dealkylation sites (tertiary alicyclic amines) is 1. The molecule has 0 spiro atoms. The third kappa shape index (κ3) is 5.41. The molecule has 1 atom stereocenters. The van der Waals surface area contributed by atoms with Gasteiger partial charge in [-0.2, -0.15) is 5.10 Å². The van der Waals surface area contributed by atoms with Gasteiger partial charge in [0, 0.05) is 24.6 Å². The molecule has 1 unspecified atom stereocenters. The molecule has 4 aromatic rings. The van der Waals surface area contributed by atoms with Crippen molar-refractivity contribution in [3.63, 3.8) is 0 Å². The molecule has 0 N–H and O–H groups in total. The number of amides is 1. The first-order chi connectivity index (χ1) is 17.2. The number of nitrogens with zero attached hydrogens (tertiary/aromatic N) is 4. The summed E-state index contributed by atoms with van der Waals surface area (Å²) in [5.74, 6) is 0.157. The molecular weight excluding hydrogens is 456 g/mol. The van der Waals surface area contributed by atoms with Crippen molar-refractivity contribution >= 4 is 35.7 Å². The largest absolute Gasteiger partial charge is 0.445 e. The van der Waals surface area contributed by atoms with E-state index in [-0.39, 0.29) is 18.6 Å². The lowest BCUT2D eigenvalue weighted by atomic mass is 9.95. The number of aromatic nitrogens is 3. The highest BCUT2D eigenvalue weighted by Crippen LogP contribution is 2.30. The smallest absolute Gasteiger partial charge is 0.410 e. The molecular formula is C28H28N4O2S. The van der Waals surface area contributed by atoms with Crippen LogP contribution in [0, 0.1) is 0 Å². The van der Waals surface area contributed by atoms with Crippen LogP contribution in [-0.4, -0.2) is 44.9 Å². The lowest BCUT2D eigenvalue weighted by Gasteiger charge is -2.32. The molecule has 1 saturated heterocycles. The number of fused-ring (bicyclic) bond motifs is 1. The number of piperidine rings is 1. The van der Waals surface area contributed by atoms with Crippen molar-refractivity contribution < 1.29 is 9.53 Å². The van der Waals surface area contributed by atoms with Gasteiger partial charge in [0.05, 0.1) is 11.9 Å². The van der Waals surface area contributed by atoms with Gasteiger partial charge in [0.2, 0.25) is 0 Å². The number of rotatable bonds is 6. The summed E-state index contributed by atoms with van der Waals surface area (Å²) in [5, 5.41) is 5.62. The van der Waals surface area contributed by atoms with Crippen LogP contribution in [0.2, 0.25) is 0 Å². The van der Waals surface area contributed by atoms with Crippen molar-refractivity contribution in [1.29, 1.82) is 0 Å². The van der Waals surface area contributed by atoms with Crippen LogP contribution in [0.4, 0.5) is 4.79 Å². The number of hydrogen-bond donors (Lipinski definition) is 0. The lowest BCUT2D eigenvalue weighted by Crippen LogP contribution is -2.39. The maximum Gasteiger partial charge on any atom is 0.410 e. The molecule has 1 aliphatic heterocycles. The molecule has 35 heavy (non-hydrogen) atoms. The molecule has 6 nitrogen and oxygen atoms in total. The fourth-order valence-corrected chi connectivity index (χ4v) is 4.93. The van der Waals surface area contributed by atoms with E-state index < -0.39 is 0 Å². The summed E-state index contributed by atoms with van der Waals surface area (Å²) in [6.07, 6.45) is 9.70. The van der Waals surface area contributed by atoms with Gasteiger partial charge in [-0.25, -0.2) is 14.3 Å². The van der Waals surface area contributed by atoms with E-state index in [4.69, 9.17) is 9.72 Å². The maximum atomic E-state index is 12.8. The second kappa shape index (κ2) is 10.8. The zero-order valence-corrected chi connectivity index (χ0v) is 20.5. The zero-order chi connectivity index (χ0) is 24.0. The summed E-state index contributed by atoms with van der Waals surface area (Å²) in [6, 6.07) is 22.1. The van der Waals surface area contributed by atoms with Crippen LogP contribution < -0.4 is 0 Å². The third-order valence-corrected chi connectivity index (χ3v) is 6.96. The topological polar surface area (TPSA) is 59.7 Å². The SMILES string of the molecule is CSc1cc(C2CCCN(C(=O)OCc3ccccc3)C2)nc2c(C=Cc3ccccc3)cnn12. The summed E-state index contributed by atoms with van der Waals surface area (Å²) in [7, 11) is 0. The molecule has 0 aliphatic carbocycles. The summed E-state index contributed by atoms with van der Waals surface area (Å²) >= 11 is 1.65. The number of carbonyl (C=O) groups is 1. The van der Waals surface area contributed by atoms with E-state index in [9.17, 15) is 4.79 Å². The Morgan fingerprint density at radius 3 is 2.66 bits per heavy atom. The molecule has 1 aliphatic rings. The summed E-state index contributed by atoms with van der Waals surface area (Å²) in [5.41, 5.74) is 4.93. The van der Waals surface area contributed by atoms with Crippen LogP contribution in [0.1, 0.15) is 41.1 Å². The quantitative estimate of drug-likeness (QED) is 0.243. The Labute approximate surface area is 209 Å². The molecule has 2 aromatic heterocycles. The normalized spacial score (nSPS) is 16.1. The van der Waals surface area contributed by atoms with E-state index in [0.29, 0.717) is 13.1 Å². The first kappa shape index (κ1) is 23.2. The van der Waals surface area contributed by atoms with Crippen LogP contribution in [0.25, 0.3) is 17.8 Å². The van der Waals surface area contributed by atoms with Crippen molar-refractivity contribution in [3.05, 3.63) is 95.3 Å². The maximum absolute atomic E-state index is 12.8. The van der Waals surface area contributed by atoms with Gasteiger partial charge in [0.1, 0.15) is 11.6 Å². The third-order valence-electron chi connectivity index (χ3n) is 6.25. The average molecular weight is 485 g/mol. The Bertz CT molecular complexity index is 1320. The van der Waals surface area contributed by atoms with Crippen LogP contribution in [0.5, 0.6) is 0 Å². The average Bonchev–Trinajstić information content (AvgIpc) is 3.34. The molecule has 5 rings (SSSR count). The van der Waals surface area contributed by atoms with Crippen molar-refractivity contribution in [2.24, 2.45) is 0 Å². The highest BCUT2D eigenvalue weighted by Gasteiger charge is 2.27. The van der Waals surface area contributed by atoms with Gasteiger partial charge in [0.25, 0.3) is 0 Å². The molecule has 2 aromatic carbocycles. The van der Waals surface area contributed by atoms with E-state index in [1.54, 1.807) is 11.8 Å². The van der Waals surface area contributed by atoms with Crippen molar-refractivity contribution in [3.8, 4) is 0 Å². The van der Waals surface area contributed by atoms with Gasteiger partial charge in [-0.3, -0.25) is 0 Å². The van der Waals surface area contributed by atoms with E-state index in [1.807, 2.05) is 70.4 Å². The van der Waals surface area contributed by atoms with Gasteiger partial charge in [-0.05, 0) is 42.4 Å². The zero-order valence-electron chi connectivity index (χ0n) is 19.7. The molecule has 1 amide bonds. The van der Waals surface area contributed by atoms with Crippen molar-refractivity contribution in [1.82, 2.24) is 19.5 Å². The molecule has 0 bridgehead atoms. The Balaban J connectivity index is 1.35. The van der Waals surface area contributed by atoms with Gasteiger partial charge in [0.15, 0.2) is 5.65 Å². The van der Waals surface area contributed by atoms with E-state index in [1.165, 1.54) is 0 Å². The molecule has 3 heterocycles. The Hall–Kier alpha value is -3.58. The fourth-order valence-electron chi connectivity index (χ4n) is 4.39. The molecule has 0 saturated carbocycles. The number of hydrogen-bond acceptors (Lipinski definition) is 5. The van der Waals surface area contributed by atoms with E-state index in [2.05, 4.69) is 35.4 Å². The number of thioether (sulfide) groups is 1. The molecule has 0 radical (unpaired) electrons.